The molecule has 1 fully saturated rings. The van der Waals surface area contributed by atoms with Crippen LogP contribution in [0.1, 0.15) is 12.5 Å². The number of carbonyl (C=O) groups is 2. The molecule has 0 aromatic heterocycles. The summed E-state index contributed by atoms with van der Waals surface area (Å²) in [4.78, 5) is 26.2. The van der Waals surface area contributed by atoms with Crippen LogP contribution in [0.15, 0.2) is 47.4 Å². The number of hydrogen-bond donors (Lipinski definition) is 1. The van der Waals surface area contributed by atoms with Crippen molar-refractivity contribution in [3.63, 3.8) is 0 Å². The van der Waals surface area contributed by atoms with Crippen LogP contribution < -0.4 is 9.64 Å². The summed E-state index contributed by atoms with van der Waals surface area (Å²) in [6.07, 6.45) is 1.56. The number of imide groups is 1. The van der Waals surface area contributed by atoms with Gasteiger partial charge in [-0.2, -0.15) is 0 Å². The van der Waals surface area contributed by atoms with Crippen LogP contribution in [0.5, 0.6) is 11.5 Å². The highest BCUT2D eigenvalue weighted by molar-refractivity contribution is 8.19. The van der Waals surface area contributed by atoms with Crippen LogP contribution in [0.4, 0.5) is 10.5 Å². The quantitative estimate of drug-likeness (QED) is 0.785. The van der Waals surface area contributed by atoms with Crippen LogP contribution >= 0.6 is 23.4 Å². The topological polar surface area (TPSA) is 66.8 Å². The van der Waals surface area contributed by atoms with E-state index in [0.717, 1.165) is 16.7 Å². The minimum absolute atomic E-state index is 0.111. The molecule has 25 heavy (non-hydrogen) atoms. The van der Waals surface area contributed by atoms with Gasteiger partial charge in [0.25, 0.3) is 11.1 Å². The van der Waals surface area contributed by atoms with E-state index in [-0.39, 0.29) is 26.7 Å². The molecule has 2 amide bonds. The molecule has 1 saturated heterocycles. The average molecular weight is 376 g/mol. The van der Waals surface area contributed by atoms with E-state index in [0.29, 0.717) is 17.9 Å². The van der Waals surface area contributed by atoms with Crippen LogP contribution in [0.25, 0.3) is 6.08 Å². The Labute approximate surface area is 153 Å². The number of rotatable bonds is 4. The number of benzene rings is 2. The first-order valence-corrected chi connectivity index (χ1v) is 8.69. The average Bonchev–Trinajstić information content (AvgIpc) is 2.87. The second kappa shape index (κ2) is 7.21. The van der Waals surface area contributed by atoms with E-state index in [1.807, 2.05) is 6.07 Å². The molecule has 2 aromatic rings. The van der Waals surface area contributed by atoms with E-state index in [1.54, 1.807) is 43.3 Å². The summed E-state index contributed by atoms with van der Waals surface area (Å²) in [5.74, 6) is -0.329. The number of ether oxygens (including phenoxy) is 1. The van der Waals surface area contributed by atoms with Crippen molar-refractivity contribution >= 4 is 46.3 Å². The van der Waals surface area contributed by atoms with Crippen LogP contribution in [0.3, 0.4) is 0 Å². The molecule has 0 atom stereocenters. The number of hydrogen-bond acceptors (Lipinski definition) is 5. The molecule has 1 aliphatic rings. The van der Waals surface area contributed by atoms with Crippen molar-refractivity contribution in [1.29, 1.82) is 0 Å². The number of para-hydroxylation sites is 1. The summed E-state index contributed by atoms with van der Waals surface area (Å²) in [5.41, 5.74) is 1.08. The van der Waals surface area contributed by atoms with E-state index in [2.05, 4.69) is 0 Å². The van der Waals surface area contributed by atoms with Crippen LogP contribution in [-0.2, 0) is 4.79 Å². The second-order valence-electron chi connectivity index (χ2n) is 5.14. The van der Waals surface area contributed by atoms with Gasteiger partial charge in [0.1, 0.15) is 0 Å². The lowest BCUT2D eigenvalue weighted by Gasteiger charge is -2.11. The van der Waals surface area contributed by atoms with Crippen molar-refractivity contribution in [3.05, 3.63) is 58.0 Å². The van der Waals surface area contributed by atoms with Gasteiger partial charge in [0.2, 0.25) is 0 Å². The van der Waals surface area contributed by atoms with Crippen molar-refractivity contribution in [2.45, 2.75) is 6.92 Å². The van der Waals surface area contributed by atoms with Crippen molar-refractivity contribution in [2.75, 3.05) is 11.5 Å². The van der Waals surface area contributed by atoms with Crippen molar-refractivity contribution in [1.82, 2.24) is 0 Å². The molecular weight excluding hydrogens is 362 g/mol. The Balaban J connectivity index is 1.95. The number of halogens is 1. The van der Waals surface area contributed by atoms with Gasteiger partial charge >= 0.3 is 0 Å². The van der Waals surface area contributed by atoms with Gasteiger partial charge < -0.3 is 9.84 Å². The number of carbonyl (C=O) groups excluding carboxylic acids is 2. The number of anilines is 1. The van der Waals surface area contributed by atoms with Gasteiger partial charge in [0, 0.05) is 0 Å². The lowest BCUT2D eigenvalue weighted by molar-refractivity contribution is -0.113. The third kappa shape index (κ3) is 3.50. The molecule has 0 bridgehead atoms. The molecule has 3 rings (SSSR count). The van der Waals surface area contributed by atoms with Gasteiger partial charge in [-0.1, -0.05) is 29.8 Å². The highest BCUT2D eigenvalue weighted by atomic mass is 35.5. The standard InChI is InChI=1S/C18H14ClNO4S/c1-2-24-14-9-11(8-13(19)16(14)21)10-15-17(22)20(18(23)25-15)12-6-4-3-5-7-12/h3-10,21H,2H2,1H3. The zero-order chi connectivity index (χ0) is 18.0. The summed E-state index contributed by atoms with van der Waals surface area (Å²) in [5, 5.41) is 9.63. The van der Waals surface area contributed by atoms with E-state index >= 15 is 0 Å². The largest absolute Gasteiger partial charge is 0.503 e. The molecular formula is C18H14ClNO4S. The zero-order valence-corrected chi connectivity index (χ0v) is 14.8. The summed E-state index contributed by atoms with van der Waals surface area (Å²) in [6, 6.07) is 11.8. The number of phenols is 1. The highest BCUT2D eigenvalue weighted by Crippen LogP contribution is 2.39. The van der Waals surface area contributed by atoms with E-state index < -0.39 is 5.91 Å². The normalized spacial score (nSPS) is 15.9. The van der Waals surface area contributed by atoms with Gasteiger partial charge in [-0.05, 0) is 54.6 Å². The molecule has 5 nitrogen and oxygen atoms in total. The molecule has 1 heterocycles. The summed E-state index contributed by atoms with van der Waals surface area (Å²) < 4.78 is 5.33. The fourth-order valence-corrected chi connectivity index (χ4v) is 3.42. The Morgan fingerprint density at radius 3 is 2.64 bits per heavy atom. The summed E-state index contributed by atoms with van der Waals surface area (Å²) in [6.45, 7) is 2.14. The Hall–Kier alpha value is -2.44. The monoisotopic (exact) mass is 375 g/mol. The van der Waals surface area contributed by atoms with Gasteiger partial charge in [-0.15, -0.1) is 0 Å². The zero-order valence-electron chi connectivity index (χ0n) is 13.2. The van der Waals surface area contributed by atoms with Gasteiger partial charge in [-0.3, -0.25) is 9.59 Å². The molecule has 0 unspecified atom stereocenters. The maximum atomic E-state index is 12.6. The van der Waals surface area contributed by atoms with Crippen LogP contribution in [0.2, 0.25) is 5.02 Å². The number of nitrogens with zero attached hydrogens (tertiary/aromatic N) is 1. The Kier molecular flexibility index (Phi) is 5.01. The Morgan fingerprint density at radius 2 is 1.96 bits per heavy atom. The number of aromatic hydroxyl groups is 1. The molecule has 1 aliphatic heterocycles. The number of thioether (sulfide) groups is 1. The van der Waals surface area contributed by atoms with E-state index in [9.17, 15) is 14.7 Å². The molecule has 7 heteroatoms. The van der Waals surface area contributed by atoms with Crippen molar-refractivity contribution in [2.24, 2.45) is 0 Å². The van der Waals surface area contributed by atoms with Crippen molar-refractivity contribution in [3.8, 4) is 11.5 Å². The Bertz CT molecular complexity index is 867. The van der Waals surface area contributed by atoms with E-state index in [1.165, 1.54) is 6.07 Å². The van der Waals surface area contributed by atoms with Crippen LogP contribution in [-0.4, -0.2) is 22.9 Å². The summed E-state index contributed by atoms with van der Waals surface area (Å²) >= 11 is 6.85. The Morgan fingerprint density at radius 1 is 1.24 bits per heavy atom. The first-order chi connectivity index (χ1) is 12.0. The third-order valence-electron chi connectivity index (χ3n) is 3.46. The first kappa shape index (κ1) is 17.4. The SMILES string of the molecule is CCOc1cc(C=C2SC(=O)N(c3ccccc3)C2=O)cc(Cl)c1O. The van der Waals surface area contributed by atoms with Crippen molar-refractivity contribution < 1.29 is 19.4 Å². The molecule has 128 valence electrons. The minimum atomic E-state index is -0.400. The molecule has 1 N–H and O–H groups in total. The molecule has 0 radical (unpaired) electrons. The predicted molar refractivity (Wildman–Crippen MR) is 99.2 cm³/mol. The maximum absolute atomic E-state index is 12.6. The summed E-state index contributed by atoms with van der Waals surface area (Å²) in [7, 11) is 0. The smallest absolute Gasteiger partial charge is 0.298 e. The lowest BCUT2D eigenvalue weighted by Crippen LogP contribution is -2.27. The number of phenolic OH excluding ortho intramolecular Hbond substituents is 1. The first-order valence-electron chi connectivity index (χ1n) is 7.49. The van der Waals surface area contributed by atoms with Gasteiger partial charge in [0.15, 0.2) is 11.5 Å². The lowest BCUT2D eigenvalue weighted by atomic mass is 10.1. The number of amides is 2. The van der Waals surface area contributed by atoms with Crippen LogP contribution in [0, 0.1) is 0 Å². The molecule has 0 aliphatic carbocycles. The highest BCUT2D eigenvalue weighted by Gasteiger charge is 2.36. The second-order valence-corrected chi connectivity index (χ2v) is 6.54. The van der Waals surface area contributed by atoms with E-state index in [4.69, 9.17) is 16.3 Å². The van der Waals surface area contributed by atoms with Gasteiger partial charge in [0.05, 0.1) is 22.2 Å². The fraction of sp³-hybridized carbons (Fsp3) is 0.111. The minimum Gasteiger partial charge on any atom is -0.503 e. The maximum Gasteiger partial charge on any atom is 0.298 e. The molecule has 0 saturated carbocycles. The predicted octanol–water partition coefficient (Wildman–Crippen LogP) is 4.69. The molecule has 0 spiro atoms. The molecule has 2 aromatic carbocycles. The fourth-order valence-electron chi connectivity index (χ4n) is 2.36. The third-order valence-corrected chi connectivity index (χ3v) is 4.61. The van der Waals surface area contributed by atoms with Gasteiger partial charge in [-0.25, -0.2) is 4.90 Å².